The molecule has 1 N–H and O–H groups in total. The maximum absolute atomic E-state index is 13.5. The lowest BCUT2D eigenvalue weighted by atomic mass is 9.84. The van der Waals surface area contributed by atoms with Crippen molar-refractivity contribution in [3.63, 3.8) is 0 Å². The fraction of sp³-hybridized carbons (Fsp3) is 0.467. The smallest absolute Gasteiger partial charge is 0.308 e. The van der Waals surface area contributed by atoms with Crippen LogP contribution in [0.15, 0.2) is 18.2 Å². The largest absolute Gasteiger partial charge is 0.481 e. The van der Waals surface area contributed by atoms with E-state index in [-0.39, 0.29) is 24.8 Å². The van der Waals surface area contributed by atoms with E-state index in [2.05, 4.69) is 0 Å². The van der Waals surface area contributed by atoms with E-state index in [9.17, 15) is 23.5 Å². The number of benzene rings is 1. The number of carboxylic acids is 1. The summed E-state index contributed by atoms with van der Waals surface area (Å²) in [5, 5.41) is 9.39. The number of halogens is 2. The second kappa shape index (κ2) is 5.09. The highest BCUT2D eigenvalue weighted by Crippen LogP contribution is 2.43. The van der Waals surface area contributed by atoms with Crippen molar-refractivity contribution >= 4 is 11.9 Å². The van der Waals surface area contributed by atoms with Gasteiger partial charge in [0.1, 0.15) is 0 Å². The van der Waals surface area contributed by atoms with E-state index in [1.54, 1.807) is 4.90 Å². The number of hydrogen-bond acceptors (Lipinski definition) is 2. The van der Waals surface area contributed by atoms with E-state index in [4.69, 9.17) is 0 Å². The number of amides is 1. The molecule has 1 saturated carbocycles. The van der Waals surface area contributed by atoms with Gasteiger partial charge in [-0.3, -0.25) is 9.59 Å². The first-order chi connectivity index (χ1) is 9.99. The van der Waals surface area contributed by atoms with Gasteiger partial charge in [-0.2, -0.15) is 0 Å². The van der Waals surface area contributed by atoms with Gasteiger partial charge in [-0.05, 0) is 37.0 Å². The van der Waals surface area contributed by atoms with E-state index in [1.165, 1.54) is 6.07 Å². The fourth-order valence-electron chi connectivity index (χ4n) is 3.05. The SMILES string of the molecule is O=C(O)C1CCC(=O)N(C2CC2)C1c1ccc(F)c(F)c1. The van der Waals surface area contributed by atoms with Gasteiger partial charge in [-0.15, -0.1) is 0 Å². The molecule has 2 fully saturated rings. The molecule has 1 aromatic carbocycles. The highest BCUT2D eigenvalue weighted by molar-refractivity contribution is 5.82. The molecule has 0 spiro atoms. The molecular formula is C15H15F2NO3. The zero-order valence-electron chi connectivity index (χ0n) is 11.3. The zero-order valence-corrected chi connectivity index (χ0v) is 11.3. The van der Waals surface area contributed by atoms with E-state index < -0.39 is 29.6 Å². The summed E-state index contributed by atoms with van der Waals surface area (Å²) in [5.41, 5.74) is 0.348. The normalized spacial score (nSPS) is 26.0. The summed E-state index contributed by atoms with van der Waals surface area (Å²) in [7, 11) is 0. The zero-order chi connectivity index (χ0) is 15.1. The summed E-state index contributed by atoms with van der Waals surface area (Å²) in [4.78, 5) is 25.2. The van der Waals surface area contributed by atoms with Crippen LogP contribution in [0.25, 0.3) is 0 Å². The van der Waals surface area contributed by atoms with Gasteiger partial charge in [0, 0.05) is 12.5 Å². The number of rotatable bonds is 3. The van der Waals surface area contributed by atoms with Crippen LogP contribution >= 0.6 is 0 Å². The molecule has 112 valence electrons. The first-order valence-corrected chi connectivity index (χ1v) is 6.98. The Kier molecular flexibility index (Phi) is 3.39. The van der Waals surface area contributed by atoms with Crippen molar-refractivity contribution in [1.29, 1.82) is 0 Å². The molecule has 1 amide bonds. The predicted molar refractivity (Wildman–Crippen MR) is 69.3 cm³/mol. The van der Waals surface area contributed by atoms with Gasteiger partial charge >= 0.3 is 5.97 Å². The Balaban J connectivity index is 2.03. The Hall–Kier alpha value is -1.98. The number of carboxylic acid groups (broad SMARTS) is 1. The van der Waals surface area contributed by atoms with Gasteiger partial charge < -0.3 is 10.0 Å². The maximum Gasteiger partial charge on any atom is 0.308 e. The second-order valence-electron chi connectivity index (χ2n) is 5.63. The van der Waals surface area contributed by atoms with Crippen LogP contribution in [0.4, 0.5) is 8.78 Å². The Labute approximate surface area is 120 Å². The summed E-state index contributed by atoms with van der Waals surface area (Å²) >= 11 is 0. The van der Waals surface area contributed by atoms with E-state index in [0.29, 0.717) is 5.56 Å². The topological polar surface area (TPSA) is 57.6 Å². The van der Waals surface area contributed by atoms with E-state index >= 15 is 0 Å². The quantitative estimate of drug-likeness (QED) is 0.932. The lowest BCUT2D eigenvalue weighted by molar-refractivity contribution is -0.152. The summed E-state index contributed by atoms with van der Waals surface area (Å²) in [6, 6.07) is 2.66. The van der Waals surface area contributed by atoms with Gasteiger partial charge in [0.15, 0.2) is 11.6 Å². The summed E-state index contributed by atoms with van der Waals surface area (Å²) in [6.07, 6.45) is 2.07. The molecule has 21 heavy (non-hydrogen) atoms. The number of hydrogen-bond donors (Lipinski definition) is 1. The van der Waals surface area contributed by atoms with Gasteiger partial charge in [0.2, 0.25) is 5.91 Å². The van der Waals surface area contributed by atoms with Crippen LogP contribution in [0.3, 0.4) is 0 Å². The van der Waals surface area contributed by atoms with Crippen molar-refractivity contribution in [2.75, 3.05) is 0 Å². The Morgan fingerprint density at radius 3 is 2.48 bits per heavy atom. The average Bonchev–Trinajstić information content (AvgIpc) is 3.25. The van der Waals surface area contributed by atoms with Crippen LogP contribution in [-0.2, 0) is 9.59 Å². The van der Waals surface area contributed by atoms with Crippen molar-refractivity contribution in [2.24, 2.45) is 5.92 Å². The third-order valence-corrected chi connectivity index (χ3v) is 4.18. The van der Waals surface area contributed by atoms with Crippen LogP contribution in [0.1, 0.15) is 37.3 Å². The van der Waals surface area contributed by atoms with Crippen LogP contribution in [0.2, 0.25) is 0 Å². The number of aliphatic carboxylic acids is 1. The Morgan fingerprint density at radius 1 is 1.19 bits per heavy atom. The van der Waals surface area contributed by atoms with Crippen LogP contribution < -0.4 is 0 Å². The summed E-state index contributed by atoms with van der Waals surface area (Å²) < 4.78 is 26.6. The third kappa shape index (κ3) is 2.50. The molecular weight excluding hydrogens is 280 g/mol. The number of nitrogens with zero attached hydrogens (tertiary/aromatic N) is 1. The first kappa shape index (κ1) is 14.0. The van der Waals surface area contributed by atoms with Crippen molar-refractivity contribution in [2.45, 2.75) is 37.8 Å². The molecule has 1 saturated heterocycles. The second-order valence-corrected chi connectivity index (χ2v) is 5.63. The fourth-order valence-corrected chi connectivity index (χ4v) is 3.05. The Bertz CT molecular complexity index is 601. The minimum Gasteiger partial charge on any atom is -0.481 e. The van der Waals surface area contributed by atoms with Gasteiger partial charge in [-0.25, -0.2) is 8.78 Å². The molecule has 1 aliphatic heterocycles. The molecule has 2 aliphatic rings. The molecule has 2 atom stereocenters. The van der Waals surface area contributed by atoms with Crippen LogP contribution in [0.5, 0.6) is 0 Å². The van der Waals surface area contributed by atoms with E-state index in [1.807, 2.05) is 0 Å². The molecule has 0 aromatic heterocycles. The maximum atomic E-state index is 13.5. The number of likely N-dealkylation sites (tertiary alicyclic amines) is 1. The highest BCUT2D eigenvalue weighted by atomic mass is 19.2. The molecule has 1 aromatic rings. The Morgan fingerprint density at radius 2 is 1.90 bits per heavy atom. The molecule has 0 radical (unpaired) electrons. The number of piperidine rings is 1. The molecule has 1 heterocycles. The summed E-state index contributed by atoms with van der Waals surface area (Å²) in [5.74, 6) is -3.91. The molecule has 4 nitrogen and oxygen atoms in total. The number of carbonyl (C=O) groups is 2. The standard InChI is InChI=1S/C15H15F2NO3/c16-11-5-1-8(7-12(11)17)14-10(15(20)21)4-6-13(19)18(14)9-2-3-9/h1,5,7,9-10,14H,2-4,6H2,(H,20,21). The van der Waals surface area contributed by atoms with Crippen molar-refractivity contribution in [3.05, 3.63) is 35.4 Å². The highest BCUT2D eigenvalue weighted by Gasteiger charge is 2.46. The average molecular weight is 295 g/mol. The molecule has 0 bridgehead atoms. The van der Waals surface area contributed by atoms with Crippen molar-refractivity contribution < 1.29 is 23.5 Å². The first-order valence-electron chi connectivity index (χ1n) is 6.98. The lowest BCUT2D eigenvalue weighted by Gasteiger charge is -2.40. The van der Waals surface area contributed by atoms with Crippen molar-refractivity contribution in [3.8, 4) is 0 Å². The van der Waals surface area contributed by atoms with Crippen molar-refractivity contribution in [1.82, 2.24) is 4.90 Å². The lowest BCUT2D eigenvalue weighted by Crippen LogP contribution is -2.46. The van der Waals surface area contributed by atoms with Gasteiger partial charge in [0.25, 0.3) is 0 Å². The van der Waals surface area contributed by atoms with Gasteiger partial charge in [0.05, 0.1) is 12.0 Å². The van der Waals surface area contributed by atoms with Gasteiger partial charge in [-0.1, -0.05) is 6.07 Å². The molecule has 6 heteroatoms. The third-order valence-electron chi connectivity index (χ3n) is 4.18. The molecule has 1 aliphatic carbocycles. The summed E-state index contributed by atoms with van der Waals surface area (Å²) in [6.45, 7) is 0. The predicted octanol–water partition coefficient (Wildman–Crippen LogP) is 2.49. The molecule has 3 rings (SSSR count). The monoisotopic (exact) mass is 295 g/mol. The minimum absolute atomic E-state index is 0.0257. The molecule has 2 unspecified atom stereocenters. The number of carbonyl (C=O) groups excluding carboxylic acids is 1. The van der Waals surface area contributed by atoms with E-state index in [0.717, 1.165) is 25.0 Å². The minimum atomic E-state index is -1.02. The van der Waals surface area contributed by atoms with Crippen LogP contribution in [-0.4, -0.2) is 27.9 Å². The van der Waals surface area contributed by atoms with Crippen LogP contribution in [0, 0.1) is 17.6 Å².